The summed E-state index contributed by atoms with van der Waals surface area (Å²) >= 11 is 0. The molecule has 0 fully saturated rings. The molecule has 0 amide bonds. The van der Waals surface area contributed by atoms with Gasteiger partial charge in [0.25, 0.3) is 0 Å². The number of ether oxygens (including phenoxy) is 1. The van der Waals surface area contributed by atoms with E-state index < -0.39 is 0 Å². The molecule has 1 aromatic carbocycles. The second-order valence-electron chi connectivity index (χ2n) is 3.73. The highest BCUT2D eigenvalue weighted by Crippen LogP contribution is 2.31. The van der Waals surface area contributed by atoms with Gasteiger partial charge in [0.1, 0.15) is 11.5 Å². The SMILES string of the molecule is COCCCNC(C)c1c(O)cccc1O. The van der Waals surface area contributed by atoms with E-state index in [-0.39, 0.29) is 17.5 Å². The lowest BCUT2D eigenvalue weighted by atomic mass is 10.1. The maximum absolute atomic E-state index is 9.64. The van der Waals surface area contributed by atoms with Gasteiger partial charge >= 0.3 is 0 Å². The summed E-state index contributed by atoms with van der Waals surface area (Å²) < 4.78 is 4.94. The van der Waals surface area contributed by atoms with Crippen LogP contribution in [0.15, 0.2) is 18.2 Å². The highest BCUT2D eigenvalue weighted by molar-refractivity contribution is 5.44. The van der Waals surface area contributed by atoms with E-state index in [0.29, 0.717) is 12.2 Å². The summed E-state index contributed by atoms with van der Waals surface area (Å²) in [6.45, 7) is 3.39. The molecule has 16 heavy (non-hydrogen) atoms. The molecule has 0 saturated carbocycles. The summed E-state index contributed by atoms with van der Waals surface area (Å²) in [7, 11) is 1.66. The minimum absolute atomic E-state index is 0.0851. The lowest BCUT2D eigenvalue weighted by Gasteiger charge is -2.16. The Morgan fingerprint density at radius 3 is 2.50 bits per heavy atom. The number of phenolic OH excluding ortho intramolecular Hbond substituents is 2. The van der Waals surface area contributed by atoms with Crippen LogP contribution in [0.5, 0.6) is 11.5 Å². The van der Waals surface area contributed by atoms with E-state index in [1.165, 1.54) is 0 Å². The molecular weight excluding hydrogens is 206 g/mol. The van der Waals surface area contributed by atoms with E-state index in [9.17, 15) is 10.2 Å². The molecule has 3 N–H and O–H groups in total. The first-order chi connectivity index (χ1) is 7.66. The molecule has 90 valence electrons. The van der Waals surface area contributed by atoms with Crippen molar-refractivity contribution in [3.63, 3.8) is 0 Å². The van der Waals surface area contributed by atoms with Crippen LogP contribution in [-0.4, -0.2) is 30.5 Å². The molecular formula is C12H19NO3. The zero-order valence-electron chi connectivity index (χ0n) is 9.73. The first-order valence-corrected chi connectivity index (χ1v) is 5.40. The molecule has 0 aliphatic rings. The normalized spacial score (nSPS) is 12.6. The van der Waals surface area contributed by atoms with Crippen molar-refractivity contribution in [3.8, 4) is 11.5 Å². The zero-order valence-corrected chi connectivity index (χ0v) is 9.73. The third kappa shape index (κ3) is 3.40. The average Bonchev–Trinajstić information content (AvgIpc) is 2.24. The first kappa shape index (κ1) is 12.8. The van der Waals surface area contributed by atoms with Crippen molar-refractivity contribution in [1.29, 1.82) is 0 Å². The summed E-state index contributed by atoms with van der Waals surface area (Å²) in [4.78, 5) is 0. The average molecular weight is 225 g/mol. The fraction of sp³-hybridized carbons (Fsp3) is 0.500. The molecule has 4 heteroatoms. The molecule has 1 rings (SSSR count). The molecule has 0 saturated heterocycles. The van der Waals surface area contributed by atoms with Gasteiger partial charge in [0.15, 0.2) is 0 Å². The van der Waals surface area contributed by atoms with Crippen molar-refractivity contribution in [3.05, 3.63) is 23.8 Å². The van der Waals surface area contributed by atoms with Crippen LogP contribution in [0.4, 0.5) is 0 Å². The predicted molar refractivity (Wildman–Crippen MR) is 62.7 cm³/mol. The largest absolute Gasteiger partial charge is 0.507 e. The fourth-order valence-corrected chi connectivity index (χ4v) is 1.62. The van der Waals surface area contributed by atoms with Crippen molar-refractivity contribution in [2.45, 2.75) is 19.4 Å². The van der Waals surface area contributed by atoms with Crippen LogP contribution < -0.4 is 5.32 Å². The van der Waals surface area contributed by atoms with Crippen LogP contribution in [0.25, 0.3) is 0 Å². The topological polar surface area (TPSA) is 61.7 Å². The molecule has 0 aliphatic carbocycles. The minimum Gasteiger partial charge on any atom is -0.507 e. The highest BCUT2D eigenvalue weighted by atomic mass is 16.5. The summed E-state index contributed by atoms with van der Waals surface area (Å²) in [5.41, 5.74) is 0.542. The first-order valence-electron chi connectivity index (χ1n) is 5.40. The quantitative estimate of drug-likeness (QED) is 0.646. The number of nitrogens with one attached hydrogen (secondary N) is 1. The highest BCUT2D eigenvalue weighted by Gasteiger charge is 2.13. The van der Waals surface area contributed by atoms with Gasteiger partial charge < -0.3 is 20.3 Å². The van der Waals surface area contributed by atoms with Crippen molar-refractivity contribution >= 4 is 0 Å². The van der Waals surface area contributed by atoms with Gasteiger partial charge in [-0.3, -0.25) is 0 Å². The predicted octanol–water partition coefficient (Wildman–Crippen LogP) is 1.78. The number of benzene rings is 1. The molecule has 0 heterocycles. The maximum atomic E-state index is 9.64. The van der Waals surface area contributed by atoms with E-state index in [4.69, 9.17) is 4.74 Å². The van der Waals surface area contributed by atoms with Crippen LogP contribution >= 0.6 is 0 Å². The van der Waals surface area contributed by atoms with E-state index in [1.807, 2.05) is 6.92 Å². The monoisotopic (exact) mass is 225 g/mol. The third-order valence-electron chi connectivity index (χ3n) is 2.47. The number of hydrogen-bond acceptors (Lipinski definition) is 4. The van der Waals surface area contributed by atoms with Gasteiger partial charge in [0.2, 0.25) is 0 Å². The smallest absolute Gasteiger partial charge is 0.124 e. The second-order valence-corrected chi connectivity index (χ2v) is 3.73. The molecule has 0 aromatic heterocycles. The Labute approximate surface area is 95.9 Å². The third-order valence-corrected chi connectivity index (χ3v) is 2.47. The van der Waals surface area contributed by atoms with Crippen LogP contribution in [0, 0.1) is 0 Å². The summed E-state index contributed by atoms with van der Waals surface area (Å²) in [6.07, 6.45) is 0.898. The van der Waals surface area contributed by atoms with Crippen molar-refractivity contribution in [1.82, 2.24) is 5.32 Å². The summed E-state index contributed by atoms with van der Waals surface area (Å²) in [5, 5.41) is 22.5. The molecule has 1 atom stereocenters. The second kappa shape index (κ2) is 6.35. The molecule has 1 aromatic rings. The van der Waals surface area contributed by atoms with Crippen molar-refractivity contribution < 1.29 is 14.9 Å². The Hall–Kier alpha value is -1.26. The van der Waals surface area contributed by atoms with Crippen molar-refractivity contribution in [2.24, 2.45) is 0 Å². The Morgan fingerprint density at radius 2 is 1.94 bits per heavy atom. The molecule has 4 nitrogen and oxygen atoms in total. The minimum atomic E-state index is -0.0851. The Bertz CT molecular complexity index is 308. The molecule has 0 radical (unpaired) electrons. The fourth-order valence-electron chi connectivity index (χ4n) is 1.62. The lowest BCUT2D eigenvalue weighted by Crippen LogP contribution is -2.21. The lowest BCUT2D eigenvalue weighted by molar-refractivity contribution is 0.193. The van der Waals surface area contributed by atoms with Gasteiger partial charge in [-0.15, -0.1) is 0 Å². The summed E-state index contributed by atoms with van der Waals surface area (Å²) in [5.74, 6) is 0.235. The number of hydrogen-bond donors (Lipinski definition) is 3. The maximum Gasteiger partial charge on any atom is 0.124 e. The van der Waals surface area contributed by atoms with Crippen LogP contribution in [0.3, 0.4) is 0 Å². The van der Waals surface area contributed by atoms with E-state index in [2.05, 4.69) is 5.32 Å². The van der Waals surface area contributed by atoms with E-state index >= 15 is 0 Å². The Morgan fingerprint density at radius 1 is 1.31 bits per heavy atom. The van der Waals surface area contributed by atoms with E-state index in [0.717, 1.165) is 13.0 Å². The molecule has 1 unspecified atom stereocenters. The van der Waals surface area contributed by atoms with Gasteiger partial charge in [-0.05, 0) is 32.0 Å². The van der Waals surface area contributed by atoms with E-state index in [1.54, 1.807) is 25.3 Å². The molecule has 0 aliphatic heterocycles. The standard InChI is InChI=1S/C12H19NO3/c1-9(13-7-4-8-16-2)12-10(14)5-3-6-11(12)15/h3,5-6,9,13-15H,4,7-8H2,1-2H3. The number of phenols is 2. The number of rotatable bonds is 6. The van der Waals surface area contributed by atoms with Gasteiger partial charge in [-0.2, -0.15) is 0 Å². The molecule has 0 spiro atoms. The van der Waals surface area contributed by atoms with Crippen LogP contribution in [-0.2, 0) is 4.74 Å². The molecule has 0 bridgehead atoms. The van der Waals surface area contributed by atoms with Crippen LogP contribution in [0.1, 0.15) is 24.9 Å². The van der Waals surface area contributed by atoms with Gasteiger partial charge in [0.05, 0.1) is 5.56 Å². The zero-order chi connectivity index (χ0) is 12.0. The number of methoxy groups -OCH3 is 1. The van der Waals surface area contributed by atoms with Gasteiger partial charge in [0, 0.05) is 19.8 Å². The van der Waals surface area contributed by atoms with Crippen molar-refractivity contribution in [2.75, 3.05) is 20.3 Å². The number of aromatic hydroxyl groups is 2. The van der Waals surface area contributed by atoms with Crippen LogP contribution in [0.2, 0.25) is 0 Å². The Balaban J connectivity index is 2.55. The summed E-state index contributed by atoms with van der Waals surface area (Å²) in [6, 6.07) is 4.68. The van der Waals surface area contributed by atoms with Gasteiger partial charge in [-0.25, -0.2) is 0 Å². The Kier molecular flexibility index (Phi) is 5.08. The van der Waals surface area contributed by atoms with Gasteiger partial charge in [-0.1, -0.05) is 6.07 Å².